The molecule has 0 radical (unpaired) electrons. The van der Waals surface area contributed by atoms with Gasteiger partial charge in [-0.3, -0.25) is 0 Å². The molecule has 1 fully saturated rings. The zero-order chi connectivity index (χ0) is 8.32. The normalized spacial score (nSPS) is 23.2. The van der Waals surface area contributed by atoms with Crippen molar-refractivity contribution in [3.8, 4) is 0 Å². The lowest BCUT2D eigenvalue weighted by molar-refractivity contribution is 0.509. The van der Waals surface area contributed by atoms with Gasteiger partial charge in [-0.25, -0.2) is 0 Å². The molecule has 0 aromatic heterocycles. The molecule has 0 bridgehead atoms. The van der Waals surface area contributed by atoms with Crippen LogP contribution in [0, 0.1) is 0 Å². The Bertz CT molecular complexity index is 107. The van der Waals surface area contributed by atoms with Crippen LogP contribution in [0.3, 0.4) is 0 Å². The molecule has 11 heavy (non-hydrogen) atoms. The summed E-state index contributed by atoms with van der Waals surface area (Å²) < 4.78 is 0. The zero-order valence-electron chi connectivity index (χ0n) is 8.11. The lowest BCUT2D eigenvalue weighted by atomic mass is 10.0. The minimum absolute atomic E-state index is 0.585. The van der Waals surface area contributed by atoms with Crippen molar-refractivity contribution < 1.29 is 0 Å². The Morgan fingerprint density at radius 3 is 2.00 bits per heavy atom. The molecule has 1 heteroatoms. The van der Waals surface area contributed by atoms with Gasteiger partial charge in [0.1, 0.15) is 0 Å². The molecule has 0 aromatic rings. The molecule has 1 atom stereocenters. The molecule has 1 aliphatic rings. The summed E-state index contributed by atoms with van der Waals surface area (Å²) in [5, 5.41) is 0.585. The molecular weight excluding hydrogens is 151 g/mol. The summed E-state index contributed by atoms with van der Waals surface area (Å²) in [6, 6.07) is 0. The molecule has 0 aromatic carbocycles. The third kappa shape index (κ3) is 4.11. The highest BCUT2D eigenvalue weighted by Crippen LogP contribution is 2.41. The second-order valence-electron chi connectivity index (χ2n) is 4.73. The lowest BCUT2D eigenvalue weighted by Gasteiger charge is -2.28. The third-order valence-corrected chi connectivity index (χ3v) is 4.09. The molecular formula is C10H21P. The largest absolute Gasteiger partial charge is 0.113 e. The van der Waals surface area contributed by atoms with Crippen LogP contribution < -0.4 is 0 Å². The van der Waals surface area contributed by atoms with Crippen molar-refractivity contribution in [2.45, 2.75) is 63.7 Å². The van der Waals surface area contributed by atoms with Gasteiger partial charge in [0.25, 0.3) is 0 Å². The van der Waals surface area contributed by atoms with E-state index in [9.17, 15) is 0 Å². The maximum absolute atomic E-state index is 2.38. The summed E-state index contributed by atoms with van der Waals surface area (Å²) in [6.07, 6.45) is 7.50. The van der Waals surface area contributed by atoms with Crippen LogP contribution in [0.1, 0.15) is 52.9 Å². The standard InChI is InChI=1S/C10H21P/c1-10(2,3)11-9-7-5-4-6-8-9/h9,11H,4-8H2,1-3H3. The number of hydrogen-bond donors (Lipinski definition) is 0. The number of hydrogen-bond acceptors (Lipinski definition) is 0. The Labute approximate surface area is 72.9 Å². The van der Waals surface area contributed by atoms with Gasteiger partial charge in [0.05, 0.1) is 0 Å². The van der Waals surface area contributed by atoms with Crippen molar-refractivity contribution in [1.82, 2.24) is 0 Å². The molecule has 66 valence electrons. The number of rotatable bonds is 1. The van der Waals surface area contributed by atoms with Crippen molar-refractivity contribution in [2.75, 3.05) is 0 Å². The van der Waals surface area contributed by atoms with Gasteiger partial charge in [0.2, 0.25) is 0 Å². The fourth-order valence-electron chi connectivity index (χ4n) is 1.86. The van der Waals surface area contributed by atoms with E-state index in [0.29, 0.717) is 5.16 Å². The highest BCUT2D eigenvalue weighted by molar-refractivity contribution is 7.40. The highest BCUT2D eigenvalue weighted by Gasteiger charge is 2.19. The average Bonchev–Trinajstić information content (AvgIpc) is 1.85. The molecule has 0 spiro atoms. The van der Waals surface area contributed by atoms with Crippen molar-refractivity contribution in [2.24, 2.45) is 0 Å². The van der Waals surface area contributed by atoms with Crippen molar-refractivity contribution >= 4 is 8.58 Å². The molecule has 1 aliphatic carbocycles. The zero-order valence-corrected chi connectivity index (χ0v) is 9.11. The molecule has 1 unspecified atom stereocenters. The van der Waals surface area contributed by atoms with E-state index < -0.39 is 0 Å². The Morgan fingerprint density at radius 1 is 1.00 bits per heavy atom. The maximum atomic E-state index is 2.38. The summed E-state index contributed by atoms with van der Waals surface area (Å²) >= 11 is 0. The van der Waals surface area contributed by atoms with Crippen LogP contribution in [0.4, 0.5) is 0 Å². The van der Waals surface area contributed by atoms with Crippen LogP contribution in [0.15, 0.2) is 0 Å². The molecule has 0 N–H and O–H groups in total. The fourth-order valence-corrected chi connectivity index (χ4v) is 3.78. The van der Waals surface area contributed by atoms with Gasteiger partial charge in [-0.05, 0) is 23.7 Å². The van der Waals surface area contributed by atoms with Crippen molar-refractivity contribution in [3.63, 3.8) is 0 Å². The smallest absolute Gasteiger partial charge is 0.0204 e. The van der Waals surface area contributed by atoms with Crippen LogP contribution in [0.2, 0.25) is 0 Å². The van der Waals surface area contributed by atoms with Crippen LogP contribution in [0.5, 0.6) is 0 Å². The summed E-state index contributed by atoms with van der Waals surface area (Å²) in [6.45, 7) is 7.13. The topological polar surface area (TPSA) is 0 Å². The Kier molecular flexibility index (Phi) is 3.37. The van der Waals surface area contributed by atoms with Gasteiger partial charge in [0.15, 0.2) is 0 Å². The minimum atomic E-state index is 0.585. The van der Waals surface area contributed by atoms with Gasteiger partial charge in [-0.15, -0.1) is 8.58 Å². The predicted octanol–water partition coefficient (Wildman–Crippen LogP) is 3.80. The second kappa shape index (κ2) is 3.90. The Balaban J connectivity index is 2.24. The van der Waals surface area contributed by atoms with E-state index in [2.05, 4.69) is 20.8 Å². The minimum Gasteiger partial charge on any atom is -0.113 e. The van der Waals surface area contributed by atoms with Gasteiger partial charge < -0.3 is 0 Å². The first-order valence-corrected chi connectivity index (χ1v) is 5.93. The molecule has 0 heterocycles. The van der Waals surface area contributed by atoms with E-state index >= 15 is 0 Å². The monoisotopic (exact) mass is 172 g/mol. The summed E-state index contributed by atoms with van der Waals surface area (Å²) in [5.41, 5.74) is 1.07. The summed E-state index contributed by atoms with van der Waals surface area (Å²) in [7, 11) is 1.19. The van der Waals surface area contributed by atoms with E-state index in [-0.39, 0.29) is 0 Å². The van der Waals surface area contributed by atoms with Crippen LogP contribution in [-0.4, -0.2) is 10.8 Å². The fraction of sp³-hybridized carbons (Fsp3) is 1.00. The molecule has 0 aliphatic heterocycles. The predicted molar refractivity (Wildman–Crippen MR) is 54.9 cm³/mol. The van der Waals surface area contributed by atoms with Gasteiger partial charge in [0, 0.05) is 0 Å². The second-order valence-corrected chi connectivity index (χ2v) is 7.33. The van der Waals surface area contributed by atoms with Crippen LogP contribution in [0.25, 0.3) is 0 Å². The van der Waals surface area contributed by atoms with Crippen LogP contribution in [-0.2, 0) is 0 Å². The van der Waals surface area contributed by atoms with Crippen molar-refractivity contribution in [1.29, 1.82) is 0 Å². The van der Waals surface area contributed by atoms with Gasteiger partial charge in [-0.2, -0.15) is 0 Å². The Hall–Kier alpha value is 0.430. The first-order chi connectivity index (χ1) is 5.08. The van der Waals surface area contributed by atoms with Gasteiger partial charge in [-0.1, -0.05) is 40.0 Å². The molecule has 0 saturated heterocycles. The first-order valence-electron chi connectivity index (χ1n) is 4.86. The molecule has 1 rings (SSSR count). The maximum Gasteiger partial charge on any atom is -0.0204 e. The molecule has 0 nitrogen and oxygen atoms in total. The van der Waals surface area contributed by atoms with E-state index in [4.69, 9.17) is 0 Å². The quantitative estimate of drug-likeness (QED) is 0.528. The van der Waals surface area contributed by atoms with E-state index in [1.54, 1.807) is 0 Å². The lowest BCUT2D eigenvalue weighted by Crippen LogP contribution is -2.15. The van der Waals surface area contributed by atoms with E-state index in [0.717, 1.165) is 5.66 Å². The highest BCUT2D eigenvalue weighted by atomic mass is 31.1. The van der Waals surface area contributed by atoms with E-state index in [1.165, 1.54) is 40.7 Å². The van der Waals surface area contributed by atoms with Gasteiger partial charge >= 0.3 is 0 Å². The Morgan fingerprint density at radius 2 is 1.55 bits per heavy atom. The summed E-state index contributed by atoms with van der Waals surface area (Å²) in [4.78, 5) is 0. The first kappa shape index (κ1) is 9.52. The van der Waals surface area contributed by atoms with Crippen LogP contribution >= 0.6 is 8.58 Å². The summed E-state index contributed by atoms with van der Waals surface area (Å²) in [5.74, 6) is 0. The average molecular weight is 172 g/mol. The SMILES string of the molecule is CC(C)(C)PC1CCCCC1. The molecule has 0 amide bonds. The molecule has 1 saturated carbocycles. The van der Waals surface area contributed by atoms with Crippen molar-refractivity contribution in [3.05, 3.63) is 0 Å². The van der Waals surface area contributed by atoms with E-state index in [1.807, 2.05) is 0 Å². The third-order valence-electron chi connectivity index (χ3n) is 2.24.